The largest absolute Gasteiger partial charge is 0.493 e. The predicted octanol–water partition coefficient (Wildman–Crippen LogP) is 4.77. The van der Waals surface area contributed by atoms with Crippen molar-refractivity contribution < 1.29 is 23.6 Å². The highest BCUT2D eigenvalue weighted by molar-refractivity contribution is 6.03. The predicted molar refractivity (Wildman–Crippen MR) is 133 cm³/mol. The Bertz CT molecular complexity index is 1220. The lowest BCUT2D eigenvalue weighted by Gasteiger charge is -2.15. The van der Waals surface area contributed by atoms with Gasteiger partial charge in [0, 0.05) is 30.4 Å². The smallest absolute Gasteiger partial charge is 0.253 e. The van der Waals surface area contributed by atoms with Crippen LogP contribution < -0.4 is 14.8 Å². The van der Waals surface area contributed by atoms with Crippen molar-refractivity contribution in [3.8, 4) is 11.5 Å². The molecule has 3 aromatic rings. The average molecular weight is 476 g/mol. The second-order valence-electron chi connectivity index (χ2n) is 8.40. The van der Waals surface area contributed by atoms with Crippen LogP contribution in [0.15, 0.2) is 53.1 Å². The molecule has 0 spiro atoms. The fourth-order valence-electron chi connectivity index (χ4n) is 3.95. The van der Waals surface area contributed by atoms with Gasteiger partial charge in [0.05, 0.1) is 18.4 Å². The van der Waals surface area contributed by atoms with Gasteiger partial charge in [0.1, 0.15) is 12.4 Å². The number of amides is 2. The first-order chi connectivity index (χ1) is 16.9. The Kier molecular flexibility index (Phi) is 7.50. The number of methoxy groups -OCH3 is 1. The van der Waals surface area contributed by atoms with Crippen molar-refractivity contribution in [2.75, 3.05) is 25.5 Å². The van der Waals surface area contributed by atoms with E-state index in [9.17, 15) is 9.59 Å². The van der Waals surface area contributed by atoms with E-state index in [2.05, 4.69) is 10.5 Å². The van der Waals surface area contributed by atoms with Crippen molar-refractivity contribution in [1.29, 1.82) is 0 Å². The van der Waals surface area contributed by atoms with E-state index < -0.39 is 0 Å². The summed E-state index contributed by atoms with van der Waals surface area (Å²) >= 11 is 0. The van der Waals surface area contributed by atoms with Crippen LogP contribution in [0.2, 0.25) is 0 Å². The molecule has 1 N–H and O–H groups in total. The SMILES string of the molecule is COc1cc(/C=C/C(=O)Nc2cccc(C(=O)N3CCCC3)c2)ccc1OCc1c(C)noc1C. The third kappa shape index (κ3) is 5.90. The number of aryl methyl sites for hydroxylation is 2. The summed E-state index contributed by atoms with van der Waals surface area (Å²) in [5.74, 6) is 1.55. The molecule has 0 bridgehead atoms. The van der Waals surface area contributed by atoms with Crippen LogP contribution in [0.25, 0.3) is 6.08 Å². The number of hydrogen-bond acceptors (Lipinski definition) is 6. The van der Waals surface area contributed by atoms with E-state index in [1.165, 1.54) is 6.08 Å². The van der Waals surface area contributed by atoms with Gasteiger partial charge in [-0.15, -0.1) is 0 Å². The molecule has 8 heteroatoms. The van der Waals surface area contributed by atoms with Gasteiger partial charge in [-0.1, -0.05) is 17.3 Å². The fraction of sp³-hybridized carbons (Fsp3) is 0.296. The Morgan fingerprint density at radius 2 is 1.91 bits per heavy atom. The number of likely N-dealkylation sites (tertiary alicyclic amines) is 1. The van der Waals surface area contributed by atoms with Crippen LogP contribution >= 0.6 is 0 Å². The van der Waals surface area contributed by atoms with E-state index in [0.29, 0.717) is 29.4 Å². The van der Waals surface area contributed by atoms with Crippen molar-refractivity contribution in [3.05, 3.63) is 76.7 Å². The van der Waals surface area contributed by atoms with Crippen LogP contribution in [-0.2, 0) is 11.4 Å². The lowest BCUT2D eigenvalue weighted by molar-refractivity contribution is -0.111. The Labute approximate surface area is 204 Å². The van der Waals surface area contributed by atoms with Gasteiger partial charge in [0.25, 0.3) is 5.91 Å². The Morgan fingerprint density at radius 3 is 2.63 bits per heavy atom. The summed E-state index contributed by atoms with van der Waals surface area (Å²) in [6.07, 6.45) is 5.20. The van der Waals surface area contributed by atoms with Crippen LogP contribution in [0.3, 0.4) is 0 Å². The van der Waals surface area contributed by atoms with E-state index in [0.717, 1.165) is 48.5 Å². The molecule has 4 rings (SSSR count). The quantitative estimate of drug-likeness (QED) is 0.472. The van der Waals surface area contributed by atoms with Crippen LogP contribution in [0, 0.1) is 13.8 Å². The van der Waals surface area contributed by atoms with Crippen molar-refractivity contribution >= 4 is 23.6 Å². The Morgan fingerprint density at radius 1 is 1.11 bits per heavy atom. The Hall–Kier alpha value is -4.07. The number of rotatable bonds is 8. The third-order valence-corrected chi connectivity index (χ3v) is 5.94. The van der Waals surface area contributed by atoms with E-state index in [1.54, 1.807) is 49.6 Å². The lowest BCUT2D eigenvalue weighted by Crippen LogP contribution is -2.27. The molecule has 0 unspecified atom stereocenters. The number of hydrogen-bond donors (Lipinski definition) is 1. The number of nitrogens with zero attached hydrogens (tertiary/aromatic N) is 2. The van der Waals surface area contributed by atoms with Gasteiger partial charge in [-0.2, -0.15) is 0 Å². The first-order valence-corrected chi connectivity index (χ1v) is 11.6. The summed E-state index contributed by atoms with van der Waals surface area (Å²) < 4.78 is 16.5. The van der Waals surface area contributed by atoms with E-state index >= 15 is 0 Å². The summed E-state index contributed by atoms with van der Waals surface area (Å²) in [4.78, 5) is 26.9. The van der Waals surface area contributed by atoms with Crippen molar-refractivity contribution in [3.63, 3.8) is 0 Å². The molecule has 1 aliphatic heterocycles. The van der Waals surface area contributed by atoms with E-state index in [4.69, 9.17) is 14.0 Å². The number of benzene rings is 2. The molecule has 2 aromatic carbocycles. The van der Waals surface area contributed by atoms with E-state index in [-0.39, 0.29) is 11.8 Å². The topological polar surface area (TPSA) is 93.9 Å². The highest BCUT2D eigenvalue weighted by atomic mass is 16.5. The minimum Gasteiger partial charge on any atom is -0.493 e. The zero-order chi connectivity index (χ0) is 24.8. The van der Waals surface area contributed by atoms with Gasteiger partial charge in [0.15, 0.2) is 11.5 Å². The Balaban J connectivity index is 1.38. The summed E-state index contributed by atoms with van der Waals surface area (Å²) in [5.41, 5.74) is 3.62. The summed E-state index contributed by atoms with van der Waals surface area (Å²) in [7, 11) is 1.56. The molecular formula is C27H29N3O5. The van der Waals surface area contributed by atoms with Crippen molar-refractivity contribution in [1.82, 2.24) is 10.1 Å². The standard InChI is InChI=1S/C27H29N3O5/c1-18-23(19(2)35-29-18)17-34-24-11-9-20(15-25(24)33-3)10-12-26(31)28-22-8-6-7-21(16-22)27(32)30-13-4-5-14-30/h6-12,15-16H,4-5,13-14,17H2,1-3H3,(H,28,31)/b12-10+. The van der Waals surface area contributed by atoms with Crippen molar-refractivity contribution in [2.24, 2.45) is 0 Å². The molecule has 2 heterocycles. The van der Waals surface area contributed by atoms with Gasteiger partial charge in [-0.3, -0.25) is 9.59 Å². The molecule has 1 fully saturated rings. The molecule has 8 nitrogen and oxygen atoms in total. The number of aromatic nitrogens is 1. The first-order valence-electron chi connectivity index (χ1n) is 11.6. The third-order valence-electron chi connectivity index (χ3n) is 5.94. The minimum absolute atomic E-state index is 0.00195. The maximum atomic E-state index is 12.6. The second-order valence-corrected chi connectivity index (χ2v) is 8.40. The van der Waals surface area contributed by atoms with E-state index in [1.807, 2.05) is 24.8 Å². The van der Waals surface area contributed by atoms with Crippen LogP contribution in [0.5, 0.6) is 11.5 Å². The summed E-state index contributed by atoms with van der Waals surface area (Å²) in [5, 5.41) is 6.75. The first kappa shape index (κ1) is 24.1. The van der Waals surface area contributed by atoms with Gasteiger partial charge in [-0.25, -0.2) is 0 Å². The molecule has 0 aliphatic carbocycles. The second kappa shape index (κ2) is 10.9. The normalized spacial score (nSPS) is 13.3. The number of ether oxygens (including phenoxy) is 2. The zero-order valence-electron chi connectivity index (χ0n) is 20.2. The fourth-order valence-corrected chi connectivity index (χ4v) is 3.95. The molecule has 0 radical (unpaired) electrons. The molecule has 35 heavy (non-hydrogen) atoms. The molecule has 0 atom stereocenters. The zero-order valence-corrected chi connectivity index (χ0v) is 20.2. The number of carbonyl (C=O) groups excluding carboxylic acids is 2. The molecule has 0 saturated carbocycles. The van der Waals surface area contributed by atoms with Gasteiger partial charge in [0.2, 0.25) is 5.91 Å². The summed E-state index contributed by atoms with van der Waals surface area (Å²) in [6, 6.07) is 12.4. The molecular weight excluding hydrogens is 446 g/mol. The number of carbonyl (C=O) groups is 2. The lowest BCUT2D eigenvalue weighted by atomic mass is 10.1. The molecule has 1 saturated heterocycles. The van der Waals surface area contributed by atoms with Gasteiger partial charge < -0.3 is 24.2 Å². The van der Waals surface area contributed by atoms with Gasteiger partial charge in [-0.05, 0) is 68.7 Å². The van der Waals surface area contributed by atoms with Crippen molar-refractivity contribution in [2.45, 2.75) is 33.3 Å². The maximum Gasteiger partial charge on any atom is 0.253 e. The minimum atomic E-state index is -0.298. The summed E-state index contributed by atoms with van der Waals surface area (Å²) in [6.45, 7) is 5.59. The van der Waals surface area contributed by atoms with Gasteiger partial charge >= 0.3 is 0 Å². The van der Waals surface area contributed by atoms with Crippen LogP contribution in [-0.4, -0.2) is 42.1 Å². The molecule has 182 valence electrons. The molecule has 2 amide bonds. The molecule has 1 aromatic heterocycles. The maximum absolute atomic E-state index is 12.6. The van der Waals surface area contributed by atoms with Crippen LogP contribution in [0.1, 0.15) is 45.8 Å². The number of anilines is 1. The molecule has 1 aliphatic rings. The van der Waals surface area contributed by atoms with Crippen LogP contribution in [0.4, 0.5) is 5.69 Å². The highest BCUT2D eigenvalue weighted by Gasteiger charge is 2.19. The average Bonchev–Trinajstić information content (AvgIpc) is 3.51. The number of nitrogens with one attached hydrogen (secondary N) is 1. The highest BCUT2D eigenvalue weighted by Crippen LogP contribution is 2.30. The monoisotopic (exact) mass is 475 g/mol.